The van der Waals surface area contributed by atoms with Gasteiger partial charge in [-0.15, -0.1) is 20.4 Å². The molecule has 0 aliphatic rings. The lowest BCUT2D eigenvalue weighted by Crippen LogP contribution is -2.16. The summed E-state index contributed by atoms with van der Waals surface area (Å²) < 4.78 is 14.4. The van der Waals surface area contributed by atoms with Crippen LogP contribution in [-0.2, 0) is 13.0 Å². The molecule has 0 atom stereocenters. The summed E-state index contributed by atoms with van der Waals surface area (Å²) in [6, 6.07) is 16.4. The summed E-state index contributed by atoms with van der Waals surface area (Å²) in [6.07, 6.45) is 0.580. The number of nitrogens with zero attached hydrogens (tertiary/aromatic N) is 7. The topological polar surface area (TPSA) is 117 Å². The molecule has 208 valence electrons. The average Bonchev–Trinajstić information content (AvgIpc) is 3.54. The number of nitrogens with one attached hydrogen (secondary N) is 1. The van der Waals surface area contributed by atoms with Crippen LogP contribution < -0.4 is 9.47 Å². The van der Waals surface area contributed by atoms with Gasteiger partial charge < -0.3 is 14.0 Å². The summed E-state index contributed by atoms with van der Waals surface area (Å²) >= 11 is 0. The molecule has 0 aliphatic heterocycles. The molecule has 0 bridgehead atoms. The number of aromatic nitrogens is 8. The average molecular weight is 541 g/mol. The molecular formula is C30H36N8O2. The van der Waals surface area contributed by atoms with Gasteiger partial charge in [-0.25, -0.2) is 4.98 Å². The van der Waals surface area contributed by atoms with Gasteiger partial charge >= 0.3 is 0 Å². The van der Waals surface area contributed by atoms with Crippen LogP contribution in [0.25, 0.3) is 33.5 Å². The summed E-state index contributed by atoms with van der Waals surface area (Å²) in [7, 11) is 0. The highest BCUT2D eigenvalue weighted by atomic mass is 16.5. The van der Waals surface area contributed by atoms with E-state index >= 15 is 0 Å². The smallest absolute Gasteiger partial charge is 0.262 e. The number of rotatable bonds is 9. The molecule has 0 amide bonds. The highest BCUT2D eigenvalue weighted by Crippen LogP contribution is 2.36. The predicted octanol–water partition coefficient (Wildman–Crippen LogP) is 5.88. The third-order valence-corrected chi connectivity index (χ3v) is 6.22. The van der Waals surface area contributed by atoms with E-state index in [1.54, 1.807) is 0 Å². The Labute approximate surface area is 234 Å². The Hall–Kier alpha value is -4.34. The van der Waals surface area contributed by atoms with E-state index in [4.69, 9.17) is 14.5 Å². The summed E-state index contributed by atoms with van der Waals surface area (Å²) in [6.45, 7) is 15.1. The lowest BCUT2D eigenvalue weighted by atomic mass is 9.91. The van der Waals surface area contributed by atoms with Crippen molar-refractivity contribution in [3.05, 3.63) is 59.9 Å². The second kappa shape index (κ2) is 11.0. The molecule has 0 aliphatic carbocycles. The molecule has 5 aromatic rings. The van der Waals surface area contributed by atoms with E-state index < -0.39 is 0 Å². The molecule has 40 heavy (non-hydrogen) atoms. The van der Waals surface area contributed by atoms with Crippen molar-refractivity contribution in [2.75, 3.05) is 0 Å². The molecule has 0 fully saturated rings. The third kappa shape index (κ3) is 5.80. The van der Waals surface area contributed by atoms with Gasteiger partial charge in [0.1, 0.15) is 11.3 Å². The molecule has 3 aromatic heterocycles. The molecular weight excluding hydrogens is 504 g/mol. The van der Waals surface area contributed by atoms with Gasteiger partial charge in [0.25, 0.3) is 11.8 Å². The van der Waals surface area contributed by atoms with E-state index in [9.17, 15) is 0 Å². The van der Waals surface area contributed by atoms with Gasteiger partial charge in [0, 0.05) is 12.0 Å². The van der Waals surface area contributed by atoms with E-state index in [0.717, 1.165) is 40.0 Å². The minimum Gasteiger partial charge on any atom is -0.472 e. The largest absolute Gasteiger partial charge is 0.472 e. The fraction of sp³-hybridized carbons (Fsp3) is 0.400. The highest BCUT2D eigenvalue weighted by Gasteiger charge is 2.26. The van der Waals surface area contributed by atoms with Crippen LogP contribution in [0.15, 0.2) is 48.5 Å². The summed E-state index contributed by atoms with van der Waals surface area (Å²) in [5.41, 5.74) is 5.51. The highest BCUT2D eigenvalue weighted by molar-refractivity contribution is 5.86. The fourth-order valence-corrected chi connectivity index (χ4v) is 4.72. The molecule has 1 N–H and O–H groups in total. The van der Waals surface area contributed by atoms with Gasteiger partial charge in [-0.3, -0.25) is 0 Å². The van der Waals surface area contributed by atoms with Gasteiger partial charge in [-0.1, -0.05) is 69.3 Å². The Morgan fingerprint density at radius 2 is 1.43 bits per heavy atom. The fourth-order valence-electron chi connectivity index (χ4n) is 4.72. The maximum Gasteiger partial charge on any atom is 0.262 e. The number of hydrogen-bond donors (Lipinski definition) is 1. The van der Waals surface area contributed by atoms with Crippen LogP contribution in [0.2, 0.25) is 0 Å². The molecule has 10 heteroatoms. The van der Waals surface area contributed by atoms with Crippen molar-refractivity contribution in [2.45, 2.75) is 73.6 Å². The van der Waals surface area contributed by atoms with E-state index in [0.29, 0.717) is 29.6 Å². The van der Waals surface area contributed by atoms with Crippen LogP contribution in [0, 0.1) is 5.41 Å². The van der Waals surface area contributed by atoms with Crippen molar-refractivity contribution in [3.63, 3.8) is 0 Å². The van der Waals surface area contributed by atoms with E-state index in [-0.39, 0.29) is 17.6 Å². The van der Waals surface area contributed by atoms with Gasteiger partial charge in [-0.05, 0) is 55.0 Å². The van der Waals surface area contributed by atoms with Crippen LogP contribution in [0.4, 0.5) is 0 Å². The monoisotopic (exact) mass is 540 g/mol. The number of imidazole rings is 1. The summed E-state index contributed by atoms with van der Waals surface area (Å²) in [5.74, 6) is 2.32. The first-order valence-corrected chi connectivity index (χ1v) is 13.6. The van der Waals surface area contributed by atoms with Crippen LogP contribution >= 0.6 is 0 Å². The molecule has 0 saturated carbocycles. The number of aromatic amines is 1. The number of benzene rings is 2. The Morgan fingerprint density at radius 3 is 2.08 bits per heavy atom. The van der Waals surface area contributed by atoms with Crippen molar-refractivity contribution in [1.29, 1.82) is 0 Å². The zero-order valence-corrected chi connectivity index (χ0v) is 24.1. The molecule has 0 spiro atoms. The van der Waals surface area contributed by atoms with Gasteiger partial charge in [0.05, 0.1) is 18.8 Å². The first-order valence-electron chi connectivity index (χ1n) is 13.6. The first-order chi connectivity index (χ1) is 19.1. The van der Waals surface area contributed by atoms with Crippen molar-refractivity contribution in [3.8, 4) is 34.3 Å². The summed E-state index contributed by atoms with van der Waals surface area (Å²) in [4.78, 5) is 5.10. The second-order valence-corrected chi connectivity index (χ2v) is 11.6. The number of fused-ring (bicyclic) bond motifs is 1. The minimum atomic E-state index is -0.0853. The van der Waals surface area contributed by atoms with Crippen molar-refractivity contribution < 1.29 is 9.47 Å². The van der Waals surface area contributed by atoms with Crippen LogP contribution in [0.1, 0.15) is 59.9 Å². The molecule has 2 aromatic carbocycles. The van der Waals surface area contributed by atoms with Crippen LogP contribution in [0.3, 0.4) is 0 Å². The Kier molecular flexibility index (Phi) is 7.51. The lowest BCUT2D eigenvalue weighted by molar-refractivity contribution is 0.219. The molecule has 0 saturated heterocycles. The zero-order chi connectivity index (χ0) is 28.4. The maximum absolute atomic E-state index is 6.18. The second-order valence-electron chi connectivity index (χ2n) is 11.6. The van der Waals surface area contributed by atoms with E-state index in [1.807, 2.05) is 52.0 Å². The van der Waals surface area contributed by atoms with Crippen molar-refractivity contribution in [2.24, 2.45) is 5.41 Å². The normalized spacial score (nSPS) is 12.0. The SMILES string of the molecule is CC(C)Oc1nnc(OC(C)C)c2c1nc(CC(C)(C)C)n2Cc1ccccc1-c1ccccc1-c1nn[nH]n1. The maximum atomic E-state index is 6.18. The molecule has 5 rings (SSSR count). The van der Waals surface area contributed by atoms with Crippen molar-refractivity contribution in [1.82, 2.24) is 40.4 Å². The van der Waals surface area contributed by atoms with Crippen LogP contribution in [0.5, 0.6) is 11.8 Å². The van der Waals surface area contributed by atoms with Gasteiger partial charge in [-0.2, -0.15) is 5.21 Å². The number of tetrazole rings is 1. The summed E-state index contributed by atoms with van der Waals surface area (Å²) in [5, 5.41) is 23.6. The Bertz CT molecular complexity index is 1600. The predicted molar refractivity (Wildman–Crippen MR) is 154 cm³/mol. The lowest BCUT2D eigenvalue weighted by Gasteiger charge is -2.20. The molecule has 10 nitrogen and oxygen atoms in total. The number of H-pyrrole nitrogens is 1. The van der Waals surface area contributed by atoms with Gasteiger partial charge in [0.15, 0.2) is 5.52 Å². The quantitative estimate of drug-likeness (QED) is 0.246. The third-order valence-electron chi connectivity index (χ3n) is 6.22. The first kappa shape index (κ1) is 27.2. The van der Waals surface area contributed by atoms with Crippen LogP contribution in [-0.4, -0.2) is 52.6 Å². The standard InChI is InChI=1S/C30H36N8O2/c1-18(2)39-28-25-26(29(35-34-28)40-19(3)4)38(24(31-25)16-30(5,6)7)17-20-12-8-9-13-21(20)22-14-10-11-15-23(22)27-32-36-37-33-27/h8-15,18-19H,16-17H2,1-7H3,(H,32,33,36,37). The number of hydrogen-bond acceptors (Lipinski definition) is 8. The zero-order valence-electron chi connectivity index (χ0n) is 24.1. The Balaban J connectivity index is 1.72. The molecule has 0 radical (unpaired) electrons. The van der Waals surface area contributed by atoms with E-state index in [2.05, 4.69) is 80.4 Å². The molecule has 3 heterocycles. The van der Waals surface area contributed by atoms with E-state index in [1.165, 1.54) is 0 Å². The minimum absolute atomic E-state index is 0.0111. The van der Waals surface area contributed by atoms with Crippen molar-refractivity contribution >= 4 is 11.0 Å². The number of ether oxygens (including phenoxy) is 2. The van der Waals surface area contributed by atoms with Gasteiger partial charge in [0.2, 0.25) is 5.82 Å². The Morgan fingerprint density at radius 1 is 0.800 bits per heavy atom. The molecule has 0 unspecified atom stereocenters.